The molecule has 0 unspecified atom stereocenters. The second-order valence-electron chi connectivity index (χ2n) is 5.22. The molecule has 0 aliphatic rings. The number of hydrogen-bond donors (Lipinski definition) is 2. The van der Waals surface area contributed by atoms with Gasteiger partial charge in [0.1, 0.15) is 12.4 Å². The number of guanidine groups is 1. The van der Waals surface area contributed by atoms with Gasteiger partial charge in [-0.2, -0.15) is 0 Å². The largest absolute Gasteiger partial charge is 0.492 e. The number of aryl methyl sites for hydroxylation is 2. The molecule has 5 heteroatoms. The Labute approximate surface area is 139 Å². The van der Waals surface area contributed by atoms with Crippen LogP contribution in [0.4, 0.5) is 0 Å². The topological polar surface area (TPSA) is 59.6 Å². The summed E-state index contributed by atoms with van der Waals surface area (Å²) >= 11 is 0. The van der Waals surface area contributed by atoms with Crippen molar-refractivity contribution >= 4 is 29.9 Å². The van der Waals surface area contributed by atoms with Crippen LogP contribution >= 0.6 is 24.0 Å². The summed E-state index contributed by atoms with van der Waals surface area (Å²) in [5, 5.41) is 3.04. The van der Waals surface area contributed by atoms with Crippen molar-refractivity contribution in [3.8, 4) is 5.75 Å². The Morgan fingerprint density at radius 3 is 2.40 bits per heavy atom. The monoisotopic (exact) mass is 391 g/mol. The van der Waals surface area contributed by atoms with E-state index in [0.29, 0.717) is 25.0 Å². The number of nitrogens with zero attached hydrogens (tertiary/aromatic N) is 1. The van der Waals surface area contributed by atoms with Gasteiger partial charge < -0.3 is 15.8 Å². The fourth-order valence-corrected chi connectivity index (χ4v) is 1.70. The first kappa shape index (κ1) is 19.0. The molecule has 0 heterocycles. The average Bonchev–Trinajstić information content (AvgIpc) is 2.31. The number of hydrogen-bond acceptors (Lipinski definition) is 2. The molecule has 0 aromatic heterocycles. The lowest BCUT2D eigenvalue weighted by atomic mass is 10.1. The van der Waals surface area contributed by atoms with Crippen molar-refractivity contribution in [2.24, 2.45) is 16.6 Å². The molecule has 0 aliphatic carbocycles. The van der Waals surface area contributed by atoms with Gasteiger partial charge in [-0.25, -0.2) is 0 Å². The van der Waals surface area contributed by atoms with Crippen LogP contribution < -0.4 is 15.8 Å². The van der Waals surface area contributed by atoms with Gasteiger partial charge in [-0.1, -0.05) is 19.9 Å². The van der Waals surface area contributed by atoms with Gasteiger partial charge in [-0.3, -0.25) is 4.99 Å². The Morgan fingerprint density at radius 1 is 1.25 bits per heavy atom. The average molecular weight is 391 g/mol. The van der Waals surface area contributed by atoms with Crippen molar-refractivity contribution < 1.29 is 4.74 Å². The number of benzene rings is 1. The highest BCUT2D eigenvalue weighted by Gasteiger charge is 1.98. The van der Waals surface area contributed by atoms with Gasteiger partial charge in [0.15, 0.2) is 5.96 Å². The number of nitrogens with one attached hydrogen (secondary N) is 1. The third-order valence-electron chi connectivity index (χ3n) is 2.50. The molecule has 0 aliphatic heterocycles. The predicted octanol–water partition coefficient (Wildman–Crippen LogP) is 2.86. The maximum Gasteiger partial charge on any atom is 0.188 e. The summed E-state index contributed by atoms with van der Waals surface area (Å²) in [7, 11) is 0. The quantitative estimate of drug-likeness (QED) is 0.339. The van der Waals surface area contributed by atoms with Gasteiger partial charge in [-0.05, 0) is 43.0 Å². The molecule has 0 radical (unpaired) electrons. The zero-order chi connectivity index (χ0) is 14.3. The lowest BCUT2D eigenvalue weighted by Gasteiger charge is -2.10. The summed E-state index contributed by atoms with van der Waals surface area (Å²) in [5.41, 5.74) is 8.15. The van der Waals surface area contributed by atoms with E-state index in [1.165, 1.54) is 11.1 Å². The van der Waals surface area contributed by atoms with Crippen molar-refractivity contribution in [1.29, 1.82) is 0 Å². The highest BCUT2D eigenvalue weighted by atomic mass is 127. The molecule has 0 saturated carbocycles. The van der Waals surface area contributed by atoms with Crippen molar-refractivity contribution in [3.05, 3.63) is 29.3 Å². The SMILES string of the molecule is Cc1cc(C)cc(OCCNC(N)=NCC(C)C)c1.I. The van der Waals surface area contributed by atoms with Crippen molar-refractivity contribution in [3.63, 3.8) is 0 Å². The maximum absolute atomic E-state index is 5.73. The fourth-order valence-electron chi connectivity index (χ4n) is 1.70. The van der Waals surface area contributed by atoms with E-state index >= 15 is 0 Å². The predicted molar refractivity (Wildman–Crippen MR) is 96.2 cm³/mol. The molecule has 20 heavy (non-hydrogen) atoms. The van der Waals surface area contributed by atoms with Gasteiger partial charge in [0.2, 0.25) is 0 Å². The first-order valence-corrected chi connectivity index (χ1v) is 6.72. The molecule has 0 fully saturated rings. The first-order chi connectivity index (χ1) is 8.97. The Bertz CT molecular complexity index is 413. The third kappa shape index (κ3) is 8.24. The standard InChI is InChI=1S/C15H25N3O.HI/c1-11(2)10-18-15(16)17-5-6-19-14-8-12(3)7-13(4)9-14;/h7-9,11H,5-6,10H2,1-4H3,(H3,16,17,18);1H. The van der Waals surface area contributed by atoms with Crippen molar-refractivity contribution in [2.45, 2.75) is 27.7 Å². The van der Waals surface area contributed by atoms with E-state index in [-0.39, 0.29) is 24.0 Å². The van der Waals surface area contributed by atoms with E-state index in [2.05, 4.69) is 44.1 Å². The molecule has 0 spiro atoms. The maximum atomic E-state index is 5.73. The van der Waals surface area contributed by atoms with E-state index in [4.69, 9.17) is 10.5 Å². The lowest BCUT2D eigenvalue weighted by molar-refractivity contribution is 0.322. The van der Waals surface area contributed by atoms with E-state index in [0.717, 1.165) is 12.3 Å². The Kier molecular flexibility index (Phi) is 9.37. The highest BCUT2D eigenvalue weighted by molar-refractivity contribution is 14.0. The van der Waals surface area contributed by atoms with Crippen LogP contribution in [0.3, 0.4) is 0 Å². The summed E-state index contributed by atoms with van der Waals surface area (Å²) in [6.45, 7) is 10.3. The molecule has 4 nitrogen and oxygen atoms in total. The minimum Gasteiger partial charge on any atom is -0.492 e. The van der Waals surface area contributed by atoms with Crippen LogP contribution in [0.25, 0.3) is 0 Å². The van der Waals surface area contributed by atoms with Crippen LogP contribution in [0.5, 0.6) is 5.75 Å². The summed E-state index contributed by atoms with van der Waals surface area (Å²) < 4.78 is 5.67. The number of halogens is 1. The van der Waals surface area contributed by atoms with E-state index in [1.54, 1.807) is 0 Å². The summed E-state index contributed by atoms with van der Waals surface area (Å²) in [4.78, 5) is 4.22. The second kappa shape index (κ2) is 9.85. The van der Waals surface area contributed by atoms with Crippen LogP contribution in [0.15, 0.2) is 23.2 Å². The molecule has 1 aromatic carbocycles. The minimum atomic E-state index is 0. The second-order valence-corrected chi connectivity index (χ2v) is 5.22. The van der Waals surface area contributed by atoms with Crippen LogP contribution in [0.1, 0.15) is 25.0 Å². The van der Waals surface area contributed by atoms with Gasteiger partial charge in [-0.15, -0.1) is 24.0 Å². The number of nitrogens with two attached hydrogens (primary N) is 1. The molecule has 0 amide bonds. The molecule has 0 atom stereocenters. The Morgan fingerprint density at radius 2 is 1.85 bits per heavy atom. The summed E-state index contributed by atoms with van der Waals surface area (Å²) in [5.74, 6) is 1.90. The van der Waals surface area contributed by atoms with E-state index < -0.39 is 0 Å². The smallest absolute Gasteiger partial charge is 0.188 e. The molecule has 0 saturated heterocycles. The Balaban J connectivity index is 0.00000361. The normalized spacial score (nSPS) is 11.2. The molecule has 3 N–H and O–H groups in total. The number of aliphatic imine (C=N–C) groups is 1. The molecule has 114 valence electrons. The molecular formula is C15H26IN3O. The molecule has 0 bridgehead atoms. The summed E-state index contributed by atoms with van der Waals surface area (Å²) in [6.07, 6.45) is 0. The first-order valence-electron chi connectivity index (χ1n) is 6.72. The van der Waals surface area contributed by atoms with Crippen LogP contribution in [0, 0.1) is 19.8 Å². The third-order valence-corrected chi connectivity index (χ3v) is 2.50. The zero-order valence-electron chi connectivity index (χ0n) is 12.8. The van der Waals surface area contributed by atoms with Gasteiger partial charge in [0.25, 0.3) is 0 Å². The zero-order valence-corrected chi connectivity index (χ0v) is 15.1. The van der Waals surface area contributed by atoms with Crippen LogP contribution in [-0.2, 0) is 0 Å². The van der Waals surface area contributed by atoms with Crippen LogP contribution in [-0.4, -0.2) is 25.7 Å². The number of rotatable bonds is 6. The minimum absolute atomic E-state index is 0. The van der Waals surface area contributed by atoms with Crippen LogP contribution in [0.2, 0.25) is 0 Å². The van der Waals surface area contributed by atoms with Gasteiger partial charge in [0.05, 0.1) is 6.54 Å². The van der Waals surface area contributed by atoms with Gasteiger partial charge in [0, 0.05) is 6.54 Å². The van der Waals surface area contributed by atoms with E-state index in [1.807, 2.05) is 12.1 Å². The molecular weight excluding hydrogens is 365 g/mol. The molecule has 1 aromatic rings. The van der Waals surface area contributed by atoms with E-state index in [9.17, 15) is 0 Å². The lowest BCUT2D eigenvalue weighted by Crippen LogP contribution is -2.35. The number of ether oxygens (including phenoxy) is 1. The fraction of sp³-hybridized carbons (Fsp3) is 0.533. The van der Waals surface area contributed by atoms with Crippen molar-refractivity contribution in [1.82, 2.24) is 5.32 Å². The van der Waals surface area contributed by atoms with Gasteiger partial charge >= 0.3 is 0 Å². The van der Waals surface area contributed by atoms with Crippen molar-refractivity contribution in [2.75, 3.05) is 19.7 Å². The summed E-state index contributed by atoms with van der Waals surface area (Å²) in [6, 6.07) is 6.19. The Hall–Kier alpha value is -0.980. The highest BCUT2D eigenvalue weighted by Crippen LogP contribution is 2.15. The molecule has 1 rings (SSSR count).